The maximum atomic E-state index is 9.11. The second kappa shape index (κ2) is 3.06. The third-order valence-corrected chi connectivity index (χ3v) is 3.41. The highest BCUT2D eigenvalue weighted by Gasteiger charge is 2.49. The lowest BCUT2D eigenvalue weighted by atomic mass is 9.92. The maximum absolute atomic E-state index is 9.11. The minimum atomic E-state index is -0.326. The van der Waals surface area contributed by atoms with Crippen molar-refractivity contribution in [2.75, 3.05) is 0 Å². The van der Waals surface area contributed by atoms with Crippen molar-refractivity contribution < 1.29 is 0 Å². The second-order valence-corrected chi connectivity index (χ2v) is 4.42. The molecular formula is C12H12N4. The summed E-state index contributed by atoms with van der Waals surface area (Å²) in [5, 5.41) is 9.11. The molecule has 1 atom stereocenters. The van der Waals surface area contributed by atoms with Gasteiger partial charge >= 0.3 is 0 Å². The summed E-state index contributed by atoms with van der Waals surface area (Å²) in [6.07, 6.45) is 3.48. The predicted octanol–water partition coefficient (Wildman–Crippen LogP) is 1.87. The fraction of sp³-hybridized carbons (Fsp3) is 0.333. The van der Waals surface area contributed by atoms with Gasteiger partial charge in [-0.2, -0.15) is 5.26 Å². The van der Waals surface area contributed by atoms with E-state index in [0.29, 0.717) is 0 Å². The first-order valence-electron chi connectivity index (χ1n) is 5.35. The van der Waals surface area contributed by atoms with Crippen LogP contribution in [0.3, 0.4) is 0 Å². The molecule has 1 saturated carbocycles. The van der Waals surface area contributed by atoms with E-state index in [9.17, 15) is 0 Å². The van der Waals surface area contributed by atoms with Gasteiger partial charge in [-0.3, -0.25) is 0 Å². The number of hydrogen-bond donors (Lipinski definition) is 2. The molecule has 0 spiro atoms. The van der Waals surface area contributed by atoms with Crippen molar-refractivity contribution in [3.8, 4) is 6.07 Å². The van der Waals surface area contributed by atoms with Crippen LogP contribution in [0.5, 0.6) is 0 Å². The number of nitrogens with zero attached hydrogens (tertiary/aromatic N) is 2. The Morgan fingerprint density at radius 2 is 2.31 bits per heavy atom. The van der Waals surface area contributed by atoms with Gasteiger partial charge in [0.1, 0.15) is 0 Å². The zero-order valence-corrected chi connectivity index (χ0v) is 8.77. The molecule has 1 aromatic carbocycles. The van der Waals surface area contributed by atoms with Crippen LogP contribution in [0.15, 0.2) is 24.5 Å². The van der Waals surface area contributed by atoms with E-state index in [1.54, 1.807) is 6.33 Å². The van der Waals surface area contributed by atoms with Gasteiger partial charge in [0.2, 0.25) is 0 Å². The first kappa shape index (κ1) is 9.37. The van der Waals surface area contributed by atoms with E-state index in [2.05, 4.69) is 16.0 Å². The number of fused-ring (bicyclic) bond motifs is 1. The Hall–Kier alpha value is -1.86. The number of nitrogens with two attached hydrogens (primary N) is 1. The van der Waals surface area contributed by atoms with Crippen molar-refractivity contribution in [1.29, 1.82) is 5.26 Å². The fourth-order valence-corrected chi connectivity index (χ4v) is 2.09. The van der Waals surface area contributed by atoms with Crippen molar-refractivity contribution in [3.63, 3.8) is 0 Å². The van der Waals surface area contributed by atoms with Crippen LogP contribution in [0.25, 0.3) is 11.0 Å². The van der Waals surface area contributed by atoms with Gasteiger partial charge in [-0.25, -0.2) is 4.98 Å². The number of rotatable bonds is 2. The normalized spacial score (nSPS) is 19.2. The summed E-state index contributed by atoms with van der Waals surface area (Å²) in [4.78, 5) is 7.21. The molecule has 4 nitrogen and oxygen atoms in total. The van der Waals surface area contributed by atoms with Gasteiger partial charge in [-0.1, -0.05) is 6.07 Å². The Morgan fingerprint density at radius 3 is 3.00 bits per heavy atom. The molecule has 3 rings (SSSR count). The molecule has 80 valence electrons. The first-order chi connectivity index (χ1) is 7.75. The minimum Gasteiger partial charge on any atom is -0.345 e. The number of nitriles is 1. The summed E-state index contributed by atoms with van der Waals surface area (Å²) in [6, 6.07) is 8.05. The zero-order valence-electron chi connectivity index (χ0n) is 8.77. The molecular weight excluding hydrogens is 200 g/mol. The summed E-state index contributed by atoms with van der Waals surface area (Å²) < 4.78 is 0. The van der Waals surface area contributed by atoms with Crippen LogP contribution in [0.4, 0.5) is 0 Å². The molecule has 1 aromatic heterocycles. The molecule has 0 aliphatic heterocycles. The molecule has 0 radical (unpaired) electrons. The lowest BCUT2D eigenvalue weighted by Gasteiger charge is -2.16. The lowest BCUT2D eigenvalue weighted by molar-refractivity contribution is 0.520. The number of H-pyrrole nitrogens is 1. The van der Waals surface area contributed by atoms with Gasteiger partial charge in [0, 0.05) is 6.04 Å². The van der Waals surface area contributed by atoms with Crippen LogP contribution in [-0.4, -0.2) is 9.97 Å². The van der Waals surface area contributed by atoms with E-state index >= 15 is 0 Å². The SMILES string of the molecule is N#CC1(C(N)c2ccc3nc[nH]c3c2)CC1. The van der Waals surface area contributed by atoms with E-state index in [0.717, 1.165) is 29.4 Å². The van der Waals surface area contributed by atoms with E-state index < -0.39 is 0 Å². The maximum Gasteiger partial charge on any atom is 0.0931 e. The molecule has 2 aromatic rings. The summed E-state index contributed by atoms with van der Waals surface area (Å²) >= 11 is 0. The molecule has 0 bridgehead atoms. The first-order valence-corrected chi connectivity index (χ1v) is 5.35. The van der Waals surface area contributed by atoms with E-state index in [1.807, 2.05) is 18.2 Å². The smallest absolute Gasteiger partial charge is 0.0931 e. The number of hydrogen-bond acceptors (Lipinski definition) is 3. The average molecular weight is 212 g/mol. The molecule has 3 N–H and O–H groups in total. The molecule has 1 unspecified atom stereocenters. The molecule has 1 aliphatic carbocycles. The van der Waals surface area contributed by atoms with Crippen LogP contribution in [0.2, 0.25) is 0 Å². The highest BCUT2D eigenvalue weighted by Crippen LogP contribution is 2.53. The Balaban J connectivity index is 2.03. The second-order valence-electron chi connectivity index (χ2n) is 4.42. The standard InChI is InChI=1S/C12H12N4/c13-6-12(3-4-12)11(14)8-1-2-9-10(5-8)16-7-15-9/h1-2,5,7,11H,3-4,14H2,(H,15,16). The van der Waals surface area contributed by atoms with Crippen LogP contribution in [-0.2, 0) is 0 Å². The highest BCUT2D eigenvalue weighted by atomic mass is 14.9. The minimum absolute atomic E-state index is 0.190. The van der Waals surface area contributed by atoms with Crippen molar-refractivity contribution in [1.82, 2.24) is 9.97 Å². The number of benzene rings is 1. The Morgan fingerprint density at radius 1 is 1.50 bits per heavy atom. The van der Waals surface area contributed by atoms with Crippen molar-refractivity contribution in [2.24, 2.45) is 11.1 Å². The number of nitrogens with one attached hydrogen (secondary N) is 1. The summed E-state index contributed by atoms with van der Waals surface area (Å²) in [6.45, 7) is 0. The molecule has 16 heavy (non-hydrogen) atoms. The average Bonchev–Trinajstić information content (AvgIpc) is 2.98. The van der Waals surface area contributed by atoms with Crippen molar-refractivity contribution in [2.45, 2.75) is 18.9 Å². The Kier molecular flexibility index (Phi) is 1.79. The van der Waals surface area contributed by atoms with Gasteiger partial charge in [0.15, 0.2) is 0 Å². The molecule has 1 aliphatic rings. The highest BCUT2D eigenvalue weighted by molar-refractivity contribution is 5.75. The number of aromatic nitrogens is 2. The summed E-state index contributed by atoms with van der Waals surface area (Å²) in [7, 11) is 0. The number of aromatic amines is 1. The van der Waals surface area contributed by atoms with Crippen molar-refractivity contribution >= 4 is 11.0 Å². The van der Waals surface area contributed by atoms with E-state index in [4.69, 9.17) is 11.0 Å². The fourth-order valence-electron chi connectivity index (χ4n) is 2.09. The van der Waals surface area contributed by atoms with Gasteiger partial charge in [0.25, 0.3) is 0 Å². The van der Waals surface area contributed by atoms with Crippen LogP contribution >= 0.6 is 0 Å². The van der Waals surface area contributed by atoms with Gasteiger partial charge in [-0.05, 0) is 30.5 Å². The molecule has 0 amide bonds. The topological polar surface area (TPSA) is 78.5 Å². The zero-order chi connectivity index (χ0) is 11.2. The van der Waals surface area contributed by atoms with Crippen molar-refractivity contribution in [3.05, 3.63) is 30.1 Å². The lowest BCUT2D eigenvalue weighted by Crippen LogP contribution is -2.21. The molecule has 0 saturated heterocycles. The van der Waals surface area contributed by atoms with Crippen LogP contribution in [0, 0.1) is 16.7 Å². The Bertz CT molecular complexity index is 574. The third-order valence-electron chi connectivity index (χ3n) is 3.41. The number of imidazole rings is 1. The largest absolute Gasteiger partial charge is 0.345 e. The molecule has 1 fully saturated rings. The quantitative estimate of drug-likeness (QED) is 0.797. The van der Waals surface area contributed by atoms with Gasteiger partial charge in [-0.15, -0.1) is 0 Å². The third kappa shape index (κ3) is 1.22. The monoisotopic (exact) mass is 212 g/mol. The van der Waals surface area contributed by atoms with Crippen LogP contribution < -0.4 is 5.73 Å². The Labute approximate surface area is 93.1 Å². The molecule has 1 heterocycles. The molecule has 4 heteroatoms. The summed E-state index contributed by atoms with van der Waals surface area (Å²) in [5.41, 5.74) is 8.74. The van der Waals surface area contributed by atoms with Gasteiger partial charge in [0.05, 0.1) is 28.8 Å². The van der Waals surface area contributed by atoms with Gasteiger partial charge < -0.3 is 10.7 Å². The summed E-state index contributed by atoms with van der Waals surface area (Å²) in [5.74, 6) is 0. The van der Waals surface area contributed by atoms with E-state index in [-0.39, 0.29) is 11.5 Å². The van der Waals surface area contributed by atoms with Crippen LogP contribution in [0.1, 0.15) is 24.4 Å². The van der Waals surface area contributed by atoms with E-state index in [1.165, 1.54) is 0 Å². The predicted molar refractivity (Wildman–Crippen MR) is 60.3 cm³/mol.